The van der Waals surface area contributed by atoms with Crippen LogP contribution < -0.4 is 0 Å². The van der Waals surface area contributed by atoms with Gasteiger partial charge >= 0.3 is 5.97 Å². The second kappa shape index (κ2) is 7.46. The monoisotopic (exact) mass is 371 g/mol. The van der Waals surface area contributed by atoms with E-state index in [4.69, 9.17) is 5.11 Å². The Morgan fingerprint density at radius 1 is 1.11 bits per heavy atom. The zero-order valence-electron chi connectivity index (χ0n) is 16.2. The molecule has 2 aromatic rings. The molecule has 8 heteroatoms. The summed E-state index contributed by atoms with van der Waals surface area (Å²) in [5.41, 5.74) is 4.24. The molecule has 1 saturated heterocycles. The molecule has 0 bridgehead atoms. The maximum Gasteiger partial charge on any atom is 0.306 e. The normalized spacial score (nSPS) is 15.2. The molecule has 3 heterocycles. The van der Waals surface area contributed by atoms with Crippen molar-refractivity contribution in [1.82, 2.24) is 24.6 Å². The Hall–Kier alpha value is -2.77. The van der Waals surface area contributed by atoms with E-state index in [9.17, 15) is 9.59 Å². The van der Waals surface area contributed by atoms with Crippen LogP contribution in [0.5, 0.6) is 0 Å². The molecule has 1 N–H and O–H groups in total. The lowest BCUT2D eigenvalue weighted by atomic mass is 9.96. The summed E-state index contributed by atoms with van der Waals surface area (Å²) >= 11 is 0. The van der Waals surface area contributed by atoms with Gasteiger partial charge in [0.15, 0.2) is 0 Å². The Morgan fingerprint density at radius 3 is 2.26 bits per heavy atom. The molecule has 1 amide bonds. The van der Waals surface area contributed by atoms with Gasteiger partial charge in [-0.05, 0) is 46.6 Å². The summed E-state index contributed by atoms with van der Waals surface area (Å²) in [5, 5.41) is 13.6. The highest BCUT2D eigenvalue weighted by Gasteiger charge is 2.28. The number of carboxylic acid groups (broad SMARTS) is 1. The minimum absolute atomic E-state index is 0.00549. The summed E-state index contributed by atoms with van der Waals surface area (Å²) in [6.45, 7) is 8.60. The van der Waals surface area contributed by atoms with E-state index in [1.807, 2.05) is 33.8 Å². The topological polar surface area (TPSA) is 101 Å². The smallest absolute Gasteiger partial charge is 0.306 e. The van der Waals surface area contributed by atoms with Gasteiger partial charge < -0.3 is 10.0 Å². The lowest BCUT2D eigenvalue weighted by molar-refractivity contribution is -0.145. The largest absolute Gasteiger partial charge is 0.481 e. The Labute approximate surface area is 158 Å². The first-order valence-electron chi connectivity index (χ1n) is 9.14. The molecule has 0 aromatic carbocycles. The van der Waals surface area contributed by atoms with Gasteiger partial charge in [-0.1, -0.05) is 0 Å². The molecule has 0 saturated carbocycles. The summed E-state index contributed by atoms with van der Waals surface area (Å²) in [7, 11) is 0. The zero-order valence-corrected chi connectivity index (χ0v) is 16.2. The van der Waals surface area contributed by atoms with Gasteiger partial charge in [0.05, 0.1) is 18.0 Å². The van der Waals surface area contributed by atoms with E-state index >= 15 is 0 Å². The van der Waals surface area contributed by atoms with Crippen LogP contribution in [0.1, 0.15) is 41.2 Å². The van der Waals surface area contributed by atoms with Crippen molar-refractivity contribution in [3.8, 4) is 5.95 Å². The minimum atomic E-state index is -0.775. The first-order valence-corrected chi connectivity index (χ1v) is 9.14. The van der Waals surface area contributed by atoms with E-state index in [-0.39, 0.29) is 18.2 Å². The first kappa shape index (κ1) is 19.0. The second-order valence-corrected chi connectivity index (χ2v) is 7.18. The summed E-state index contributed by atoms with van der Waals surface area (Å²) in [6.07, 6.45) is 1.27. The molecule has 27 heavy (non-hydrogen) atoms. The van der Waals surface area contributed by atoms with Crippen molar-refractivity contribution < 1.29 is 14.7 Å². The van der Waals surface area contributed by atoms with E-state index in [0.717, 1.165) is 28.3 Å². The zero-order chi connectivity index (χ0) is 19.7. The van der Waals surface area contributed by atoms with E-state index in [1.165, 1.54) is 0 Å². The van der Waals surface area contributed by atoms with Crippen molar-refractivity contribution in [2.75, 3.05) is 13.1 Å². The molecule has 0 radical (unpaired) electrons. The molecule has 144 valence electrons. The third-order valence-corrected chi connectivity index (χ3v) is 5.13. The number of aliphatic carboxylic acids is 1. The van der Waals surface area contributed by atoms with Crippen LogP contribution in [0.15, 0.2) is 6.07 Å². The fourth-order valence-electron chi connectivity index (χ4n) is 3.57. The molecule has 2 aromatic heterocycles. The number of carbonyl (C=O) groups excluding carboxylic acids is 1. The lowest BCUT2D eigenvalue weighted by Crippen LogP contribution is -2.41. The Bertz CT molecular complexity index is 861. The number of nitrogens with zero attached hydrogens (tertiary/aromatic N) is 5. The molecule has 8 nitrogen and oxygen atoms in total. The van der Waals surface area contributed by atoms with Gasteiger partial charge in [0, 0.05) is 35.7 Å². The number of hydrogen-bond donors (Lipinski definition) is 1. The van der Waals surface area contributed by atoms with Crippen molar-refractivity contribution in [3.63, 3.8) is 0 Å². The molecule has 0 spiro atoms. The van der Waals surface area contributed by atoms with Gasteiger partial charge in [-0.2, -0.15) is 5.10 Å². The number of rotatable bonds is 4. The number of piperidine rings is 1. The minimum Gasteiger partial charge on any atom is -0.481 e. The molecular weight excluding hydrogens is 346 g/mol. The molecule has 0 atom stereocenters. The molecule has 0 unspecified atom stereocenters. The summed E-state index contributed by atoms with van der Waals surface area (Å²) in [5.74, 6) is -0.606. The van der Waals surface area contributed by atoms with Crippen LogP contribution in [-0.2, 0) is 16.0 Å². The highest BCUT2D eigenvalue weighted by atomic mass is 16.4. The Balaban J connectivity index is 1.77. The van der Waals surface area contributed by atoms with Crippen LogP contribution in [0.4, 0.5) is 0 Å². The fraction of sp³-hybridized carbons (Fsp3) is 0.526. The standard InChI is InChI=1S/C19H25N5O3/c1-11-9-12(2)21-19(20-11)24-14(4)16(13(3)22-24)10-17(25)23-7-5-15(6-8-23)18(26)27/h9,15H,5-8,10H2,1-4H3,(H,26,27). The maximum absolute atomic E-state index is 12.7. The van der Waals surface area contributed by atoms with Crippen molar-refractivity contribution in [1.29, 1.82) is 0 Å². The van der Waals surface area contributed by atoms with E-state index < -0.39 is 5.97 Å². The summed E-state index contributed by atoms with van der Waals surface area (Å²) < 4.78 is 1.69. The summed E-state index contributed by atoms with van der Waals surface area (Å²) in [4.78, 5) is 34.4. The number of hydrogen-bond acceptors (Lipinski definition) is 5. The maximum atomic E-state index is 12.7. The first-order chi connectivity index (χ1) is 12.8. The number of carbonyl (C=O) groups is 2. The highest BCUT2D eigenvalue weighted by Crippen LogP contribution is 2.21. The van der Waals surface area contributed by atoms with Crippen LogP contribution in [0.3, 0.4) is 0 Å². The van der Waals surface area contributed by atoms with Crippen LogP contribution in [0.2, 0.25) is 0 Å². The van der Waals surface area contributed by atoms with Crippen molar-refractivity contribution in [3.05, 3.63) is 34.4 Å². The van der Waals surface area contributed by atoms with E-state index in [2.05, 4.69) is 15.1 Å². The number of aryl methyl sites for hydroxylation is 3. The van der Waals surface area contributed by atoms with Gasteiger partial charge in [0.1, 0.15) is 0 Å². The Kier molecular flexibility index (Phi) is 5.25. The van der Waals surface area contributed by atoms with E-state index in [0.29, 0.717) is 31.9 Å². The van der Waals surface area contributed by atoms with Crippen molar-refractivity contribution in [2.45, 2.75) is 47.0 Å². The number of aromatic nitrogens is 4. The van der Waals surface area contributed by atoms with Gasteiger partial charge in [0.2, 0.25) is 5.91 Å². The average molecular weight is 371 g/mol. The molecule has 1 aliphatic heterocycles. The predicted octanol–water partition coefficient (Wildman–Crippen LogP) is 1.76. The Morgan fingerprint density at radius 2 is 1.70 bits per heavy atom. The number of likely N-dealkylation sites (tertiary alicyclic amines) is 1. The molecule has 0 aliphatic carbocycles. The molecule has 1 aliphatic rings. The second-order valence-electron chi connectivity index (χ2n) is 7.18. The van der Waals surface area contributed by atoms with Crippen LogP contribution in [-0.4, -0.2) is 54.7 Å². The van der Waals surface area contributed by atoms with E-state index in [1.54, 1.807) is 9.58 Å². The predicted molar refractivity (Wildman–Crippen MR) is 98.7 cm³/mol. The third-order valence-electron chi connectivity index (χ3n) is 5.13. The van der Waals surface area contributed by atoms with Crippen LogP contribution >= 0.6 is 0 Å². The van der Waals surface area contributed by atoms with Gasteiger partial charge in [-0.25, -0.2) is 14.6 Å². The summed E-state index contributed by atoms with van der Waals surface area (Å²) in [6, 6.07) is 1.90. The quantitative estimate of drug-likeness (QED) is 0.879. The lowest BCUT2D eigenvalue weighted by Gasteiger charge is -2.30. The molecule has 3 rings (SSSR count). The molecule has 1 fully saturated rings. The van der Waals surface area contributed by atoms with Gasteiger partial charge in [0.25, 0.3) is 5.95 Å². The van der Waals surface area contributed by atoms with Crippen molar-refractivity contribution >= 4 is 11.9 Å². The number of amides is 1. The SMILES string of the molecule is Cc1cc(C)nc(-n2nc(C)c(CC(=O)N3CCC(C(=O)O)CC3)c2C)n1. The van der Waals surface area contributed by atoms with Gasteiger partial charge in [-0.3, -0.25) is 9.59 Å². The van der Waals surface area contributed by atoms with Gasteiger partial charge in [-0.15, -0.1) is 0 Å². The fourth-order valence-corrected chi connectivity index (χ4v) is 3.57. The third kappa shape index (κ3) is 3.99. The average Bonchev–Trinajstić information content (AvgIpc) is 2.89. The van der Waals surface area contributed by atoms with Crippen LogP contribution in [0.25, 0.3) is 5.95 Å². The highest BCUT2D eigenvalue weighted by molar-refractivity contribution is 5.80. The molecular formula is C19H25N5O3. The van der Waals surface area contributed by atoms with Crippen LogP contribution in [0, 0.1) is 33.6 Å². The number of carboxylic acids is 1. The van der Waals surface area contributed by atoms with Crippen molar-refractivity contribution in [2.24, 2.45) is 5.92 Å².